The van der Waals surface area contributed by atoms with Gasteiger partial charge in [0.1, 0.15) is 11.6 Å². The Balaban J connectivity index is 1.40. The quantitative estimate of drug-likeness (QED) is 0.538. The highest BCUT2D eigenvalue weighted by molar-refractivity contribution is 7.99. The third-order valence-corrected chi connectivity index (χ3v) is 5.36. The minimum absolute atomic E-state index is 0.0459. The average Bonchev–Trinajstić information content (AvgIpc) is 3.37. The first kappa shape index (κ1) is 19.2. The number of hydrogen-bond acceptors (Lipinski definition) is 6. The molecule has 0 aliphatic carbocycles. The summed E-state index contributed by atoms with van der Waals surface area (Å²) in [6.07, 6.45) is 4.57. The maximum absolute atomic E-state index is 12.0. The van der Waals surface area contributed by atoms with Crippen LogP contribution in [0.4, 0.5) is 0 Å². The van der Waals surface area contributed by atoms with Gasteiger partial charge in [-0.1, -0.05) is 36.0 Å². The lowest BCUT2D eigenvalue weighted by Gasteiger charge is -2.08. The third-order valence-electron chi connectivity index (χ3n) is 3.67. The summed E-state index contributed by atoms with van der Waals surface area (Å²) in [5.41, 5.74) is 1.07. The van der Waals surface area contributed by atoms with E-state index in [9.17, 15) is 4.79 Å². The molecule has 0 radical (unpaired) electrons. The molecule has 3 rings (SSSR count). The zero-order valence-corrected chi connectivity index (χ0v) is 16.5. The smallest absolute Gasteiger partial charge is 0.230 e. The maximum Gasteiger partial charge on any atom is 0.230 e. The number of nitrogens with one attached hydrogen (secondary N) is 2. The van der Waals surface area contributed by atoms with Crippen LogP contribution in [0.3, 0.4) is 0 Å². The van der Waals surface area contributed by atoms with Crippen LogP contribution in [0.1, 0.15) is 16.3 Å². The Hall–Kier alpha value is -2.58. The molecule has 0 unspecified atom stereocenters. The zero-order chi connectivity index (χ0) is 18.9. The highest BCUT2D eigenvalue weighted by Crippen LogP contribution is 2.17. The van der Waals surface area contributed by atoms with Crippen LogP contribution in [0.2, 0.25) is 0 Å². The van der Waals surface area contributed by atoms with E-state index in [1.165, 1.54) is 11.8 Å². The van der Waals surface area contributed by atoms with Gasteiger partial charge in [0, 0.05) is 11.4 Å². The van der Waals surface area contributed by atoms with Crippen LogP contribution in [0.25, 0.3) is 12.2 Å². The van der Waals surface area contributed by atoms with E-state index in [-0.39, 0.29) is 11.7 Å². The van der Waals surface area contributed by atoms with Gasteiger partial charge in [-0.25, -0.2) is 4.98 Å². The molecule has 1 amide bonds. The van der Waals surface area contributed by atoms with Crippen molar-refractivity contribution < 1.29 is 9.53 Å². The highest BCUT2D eigenvalue weighted by Gasteiger charge is 2.07. The van der Waals surface area contributed by atoms with Crippen LogP contribution in [0.15, 0.2) is 46.9 Å². The topological polar surface area (TPSA) is 79.9 Å². The average molecular weight is 401 g/mol. The van der Waals surface area contributed by atoms with Gasteiger partial charge in [-0.15, -0.1) is 16.4 Å². The van der Waals surface area contributed by atoms with E-state index in [1.54, 1.807) is 18.4 Å². The van der Waals surface area contributed by atoms with Gasteiger partial charge in [0.05, 0.1) is 12.9 Å². The summed E-state index contributed by atoms with van der Waals surface area (Å²) in [6, 6.07) is 11.8. The Morgan fingerprint density at radius 2 is 2.19 bits per heavy atom. The van der Waals surface area contributed by atoms with Crippen LogP contribution >= 0.6 is 23.1 Å². The Morgan fingerprint density at radius 3 is 3.00 bits per heavy atom. The van der Waals surface area contributed by atoms with Crippen molar-refractivity contribution in [2.75, 3.05) is 19.4 Å². The lowest BCUT2D eigenvalue weighted by atomic mass is 10.1. The summed E-state index contributed by atoms with van der Waals surface area (Å²) >= 11 is 2.96. The molecule has 0 saturated carbocycles. The van der Waals surface area contributed by atoms with Crippen molar-refractivity contribution >= 4 is 41.2 Å². The largest absolute Gasteiger partial charge is 0.496 e. The summed E-state index contributed by atoms with van der Waals surface area (Å²) in [7, 11) is 1.65. The standard InChI is InChI=1S/C19H20N4O2S2/c1-25-16-7-3-2-5-14(16)10-11-20-18(24)13-27-19-21-17(22-23-19)9-8-15-6-4-12-26-15/h2-9,12H,10-11,13H2,1H3,(H,20,24)(H,21,22,23)/b9-8+. The fourth-order valence-electron chi connectivity index (χ4n) is 2.37. The number of nitrogens with zero attached hydrogens (tertiary/aromatic N) is 2. The number of amides is 1. The molecule has 0 spiro atoms. The Bertz CT molecular complexity index is 891. The Labute approximate surface area is 166 Å². The molecule has 0 saturated heterocycles. The molecule has 0 bridgehead atoms. The monoisotopic (exact) mass is 400 g/mol. The number of rotatable bonds is 9. The molecule has 0 aliphatic heterocycles. The van der Waals surface area contributed by atoms with Crippen molar-refractivity contribution in [1.82, 2.24) is 20.5 Å². The number of ether oxygens (including phenoxy) is 1. The molecule has 2 aromatic heterocycles. The molecule has 6 nitrogen and oxygen atoms in total. The van der Waals surface area contributed by atoms with Gasteiger partial charge in [0.2, 0.25) is 11.1 Å². The van der Waals surface area contributed by atoms with Crippen molar-refractivity contribution in [3.63, 3.8) is 0 Å². The number of aromatic nitrogens is 3. The second-order valence-corrected chi connectivity index (χ2v) is 7.47. The van der Waals surface area contributed by atoms with Gasteiger partial charge >= 0.3 is 0 Å². The van der Waals surface area contributed by atoms with Crippen molar-refractivity contribution in [3.05, 3.63) is 58.0 Å². The lowest BCUT2D eigenvalue weighted by Crippen LogP contribution is -2.27. The predicted molar refractivity (Wildman–Crippen MR) is 110 cm³/mol. The molecular weight excluding hydrogens is 380 g/mol. The Kier molecular flexibility index (Phi) is 7.06. The molecule has 2 N–H and O–H groups in total. The Morgan fingerprint density at radius 1 is 1.30 bits per heavy atom. The summed E-state index contributed by atoms with van der Waals surface area (Å²) in [4.78, 5) is 17.5. The maximum atomic E-state index is 12.0. The minimum Gasteiger partial charge on any atom is -0.496 e. The van der Waals surface area contributed by atoms with Gasteiger partial charge in [-0.05, 0) is 41.6 Å². The molecule has 2 heterocycles. The van der Waals surface area contributed by atoms with Crippen LogP contribution in [-0.4, -0.2) is 40.5 Å². The molecule has 8 heteroatoms. The molecule has 0 atom stereocenters. The first-order valence-electron chi connectivity index (χ1n) is 8.40. The van der Waals surface area contributed by atoms with Gasteiger partial charge in [-0.3, -0.25) is 9.89 Å². The number of methoxy groups -OCH3 is 1. The van der Waals surface area contributed by atoms with E-state index in [1.807, 2.05) is 53.9 Å². The van der Waals surface area contributed by atoms with E-state index in [4.69, 9.17) is 4.74 Å². The first-order chi connectivity index (χ1) is 13.2. The molecule has 0 fully saturated rings. The number of thioether (sulfide) groups is 1. The second-order valence-electron chi connectivity index (χ2n) is 5.55. The van der Waals surface area contributed by atoms with E-state index < -0.39 is 0 Å². The van der Waals surface area contributed by atoms with E-state index >= 15 is 0 Å². The first-order valence-corrected chi connectivity index (χ1v) is 10.3. The number of hydrogen-bond donors (Lipinski definition) is 2. The van der Waals surface area contributed by atoms with Crippen molar-refractivity contribution in [2.24, 2.45) is 0 Å². The van der Waals surface area contributed by atoms with E-state index in [0.717, 1.165) is 22.6 Å². The summed E-state index contributed by atoms with van der Waals surface area (Å²) in [5, 5.41) is 12.5. The number of carbonyl (C=O) groups is 1. The molecule has 140 valence electrons. The molecule has 1 aromatic carbocycles. The zero-order valence-electron chi connectivity index (χ0n) is 14.8. The molecular formula is C19H20N4O2S2. The van der Waals surface area contributed by atoms with Crippen LogP contribution in [0, 0.1) is 0 Å². The van der Waals surface area contributed by atoms with Crippen molar-refractivity contribution in [1.29, 1.82) is 0 Å². The normalized spacial score (nSPS) is 11.0. The van der Waals surface area contributed by atoms with Crippen LogP contribution in [-0.2, 0) is 11.2 Å². The fraction of sp³-hybridized carbons (Fsp3) is 0.211. The SMILES string of the molecule is COc1ccccc1CCNC(=O)CSc1n[nH]c(/C=C/c2cccs2)n1. The summed E-state index contributed by atoms with van der Waals surface area (Å²) < 4.78 is 5.31. The number of carbonyl (C=O) groups excluding carboxylic acids is 1. The van der Waals surface area contributed by atoms with Gasteiger partial charge < -0.3 is 10.1 Å². The van der Waals surface area contributed by atoms with Crippen molar-refractivity contribution in [2.45, 2.75) is 11.6 Å². The van der Waals surface area contributed by atoms with Crippen molar-refractivity contribution in [3.8, 4) is 5.75 Å². The lowest BCUT2D eigenvalue weighted by molar-refractivity contribution is -0.118. The number of benzene rings is 1. The van der Waals surface area contributed by atoms with Gasteiger partial charge in [0.25, 0.3) is 0 Å². The summed E-state index contributed by atoms with van der Waals surface area (Å²) in [6.45, 7) is 0.558. The van der Waals surface area contributed by atoms with Gasteiger partial charge in [0.15, 0.2) is 0 Å². The van der Waals surface area contributed by atoms with E-state index in [2.05, 4.69) is 20.5 Å². The van der Waals surface area contributed by atoms with Crippen LogP contribution in [0.5, 0.6) is 5.75 Å². The fourth-order valence-corrected chi connectivity index (χ4v) is 3.62. The van der Waals surface area contributed by atoms with Crippen LogP contribution < -0.4 is 10.1 Å². The minimum atomic E-state index is -0.0459. The molecule has 0 aliphatic rings. The number of aromatic amines is 1. The second kappa shape index (κ2) is 9.94. The third kappa shape index (κ3) is 5.97. The van der Waals surface area contributed by atoms with E-state index in [0.29, 0.717) is 17.5 Å². The molecule has 3 aromatic rings. The van der Waals surface area contributed by atoms with Gasteiger partial charge in [-0.2, -0.15) is 0 Å². The number of thiophene rings is 1. The predicted octanol–water partition coefficient (Wildman–Crippen LogP) is 3.50. The highest BCUT2D eigenvalue weighted by atomic mass is 32.2. The number of H-pyrrole nitrogens is 1. The molecule has 27 heavy (non-hydrogen) atoms. The summed E-state index contributed by atoms with van der Waals surface area (Å²) in [5.74, 6) is 1.74. The number of para-hydroxylation sites is 1.